The Morgan fingerprint density at radius 3 is 2.46 bits per heavy atom. The Hall–Kier alpha value is -2.20. The van der Waals surface area contributed by atoms with Gasteiger partial charge in [0.05, 0.1) is 19.2 Å². The van der Waals surface area contributed by atoms with Crippen molar-refractivity contribution in [2.24, 2.45) is 11.7 Å². The zero-order valence-corrected chi connectivity index (χ0v) is 15.1. The predicted molar refractivity (Wildman–Crippen MR) is 91.8 cm³/mol. The Balaban J connectivity index is 2.58. The number of nitrogens with two attached hydrogens (primary N) is 1. The molecule has 0 aromatic rings. The molecule has 1 aliphatic rings. The summed E-state index contributed by atoms with van der Waals surface area (Å²) in [6.45, 7) is 3.18. The van der Waals surface area contributed by atoms with Gasteiger partial charge in [0.2, 0.25) is 17.7 Å². The van der Waals surface area contributed by atoms with Crippen molar-refractivity contribution in [2.75, 3.05) is 19.7 Å². The predicted octanol–water partition coefficient (Wildman–Crippen LogP) is -1.97. The smallest absolute Gasteiger partial charge is 0.328 e. The molecule has 3 unspecified atom stereocenters. The number of carbonyl (C=O) groups is 4. The lowest BCUT2D eigenvalue weighted by Gasteiger charge is -2.25. The van der Waals surface area contributed by atoms with Gasteiger partial charge in [0.25, 0.3) is 0 Å². The summed E-state index contributed by atoms with van der Waals surface area (Å²) >= 11 is 0. The third-order valence-corrected chi connectivity index (χ3v) is 4.15. The molecule has 1 aliphatic heterocycles. The van der Waals surface area contributed by atoms with E-state index in [4.69, 9.17) is 15.9 Å². The second-order valence-electron chi connectivity index (χ2n) is 6.78. The Kier molecular flexibility index (Phi) is 8.46. The van der Waals surface area contributed by atoms with Gasteiger partial charge in [0, 0.05) is 6.54 Å². The average molecular weight is 372 g/mol. The monoisotopic (exact) mass is 372 g/mol. The van der Waals surface area contributed by atoms with Crippen molar-refractivity contribution in [2.45, 2.75) is 51.2 Å². The Morgan fingerprint density at radius 2 is 1.92 bits per heavy atom. The fourth-order valence-corrected chi connectivity index (χ4v) is 2.80. The number of hydrogen-bond acceptors (Lipinski definition) is 6. The van der Waals surface area contributed by atoms with Gasteiger partial charge in [-0.3, -0.25) is 14.4 Å². The van der Waals surface area contributed by atoms with Crippen LogP contribution in [0, 0.1) is 5.92 Å². The number of carboxylic acid groups (broad SMARTS) is 1. The zero-order chi connectivity index (χ0) is 19.9. The molecule has 0 radical (unpaired) electrons. The lowest BCUT2D eigenvalue weighted by Crippen LogP contribution is -2.53. The highest BCUT2D eigenvalue weighted by Crippen LogP contribution is 2.17. The maximum absolute atomic E-state index is 12.3. The summed E-state index contributed by atoms with van der Waals surface area (Å²) < 4.78 is 0. The van der Waals surface area contributed by atoms with Crippen LogP contribution in [-0.4, -0.2) is 76.6 Å². The summed E-state index contributed by atoms with van der Waals surface area (Å²) in [5.41, 5.74) is 5.75. The molecule has 1 heterocycles. The minimum Gasteiger partial charge on any atom is -0.480 e. The van der Waals surface area contributed by atoms with E-state index in [1.165, 1.54) is 4.90 Å². The maximum Gasteiger partial charge on any atom is 0.328 e. The van der Waals surface area contributed by atoms with Gasteiger partial charge in [-0.1, -0.05) is 13.8 Å². The molecule has 0 spiro atoms. The fraction of sp³-hybridized carbons (Fsp3) is 0.750. The van der Waals surface area contributed by atoms with Crippen LogP contribution in [-0.2, 0) is 19.2 Å². The molecule has 26 heavy (non-hydrogen) atoms. The van der Waals surface area contributed by atoms with Crippen molar-refractivity contribution in [3.63, 3.8) is 0 Å². The third kappa shape index (κ3) is 6.26. The van der Waals surface area contributed by atoms with Crippen molar-refractivity contribution >= 4 is 23.7 Å². The van der Waals surface area contributed by atoms with Crippen LogP contribution in [0.15, 0.2) is 0 Å². The van der Waals surface area contributed by atoms with Gasteiger partial charge < -0.3 is 31.5 Å². The van der Waals surface area contributed by atoms with Crippen molar-refractivity contribution in [3.8, 4) is 0 Å². The highest BCUT2D eigenvalue weighted by molar-refractivity contribution is 5.93. The van der Waals surface area contributed by atoms with Crippen molar-refractivity contribution < 1.29 is 29.4 Å². The number of likely N-dealkylation sites (tertiary alicyclic amines) is 1. The summed E-state index contributed by atoms with van der Waals surface area (Å²) in [6, 6.07) is -2.95. The standard InChI is InChI=1S/C16H28N4O6/c1-9(2)6-10(17)14(23)18-7-13(22)20-5-3-4-12(20)15(24)19-11(8-21)16(25)26/h9-12,21H,3-8,17H2,1-2H3,(H,18,23)(H,19,24)(H,25,26). The van der Waals surface area contributed by atoms with E-state index in [2.05, 4.69) is 10.6 Å². The minimum atomic E-state index is -1.42. The summed E-state index contributed by atoms with van der Waals surface area (Å²) in [4.78, 5) is 48.6. The van der Waals surface area contributed by atoms with Gasteiger partial charge in [-0.05, 0) is 25.2 Å². The molecule has 10 heteroatoms. The quantitative estimate of drug-likeness (QED) is 0.313. The van der Waals surface area contributed by atoms with Crippen LogP contribution in [0.25, 0.3) is 0 Å². The molecule has 148 valence electrons. The van der Waals surface area contributed by atoms with E-state index in [1.807, 2.05) is 13.8 Å². The lowest BCUT2D eigenvalue weighted by atomic mass is 10.0. The third-order valence-electron chi connectivity index (χ3n) is 4.15. The molecular formula is C16H28N4O6. The van der Waals surface area contributed by atoms with E-state index in [0.29, 0.717) is 25.8 Å². The van der Waals surface area contributed by atoms with E-state index < -0.39 is 48.4 Å². The van der Waals surface area contributed by atoms with Crippen LogP contribution in [0.4, 0.5) is 0 Å². The number of rotatable bonds is 9. The number of nitrogens with zero attached hydrogens (tertiary/aromatic N) is 1. The van der Waals surface area contributed by atoms with Gasteiger partial charge >= 0.3 is 5.97 Å². The number of carbonyl (C=O) groups excluding carboxylic acids is 3. The summed E-state index contributed by atoms with van der Waals surface area (Å²) in [6.07, 6.45) is 1.46. The molecule has 0 bridgehead atoms. The van der Waals surface area contributed by atoms with Gasteiger partial charge in [0.15, 0.2) is 0 Å². The van der Waals surface area contributed by atoms with Crippen molar-refractivity contribution in [1.82, 2.24) is 15.5 Å². The Morgan fingerprint density at radius 1 is 1.27 bits per heavy atom. The number of aliphatic carboxylic acids is 1. The molecule has 1 rings (SSSR count). The molecule has 0 aromatic carbocycles. The molecule has 3 amide bonds. The minimum absolute atomic E-state index is 0.242. The number of hydrogen-bond donors (Lipinski definition) is 5. The molecular weight excluding hydrogens is 344 g/mol. The Labute approximate surface area is 152 Å². The number of aliphatic hydroxyl groups is 1. The maximum atomic E-state index is 12.3. The summed E-state index contributed by atoms with van der Waals surface area (Å²) in [7, 11) is 0. The van der Waals surface area contributed by atoms with Crippen LogP contribution in [0.1, 0.15) is 33.1 Å². The van der Waals surface area contributed by atoms with Gasteiger partial charge in [-0.2, -0.15) is 0 Å². The second kappa shape index (κ2) is 10.1. The molecule has 1 fully saturated rings. The molecule has 0 aromatic heterocycles. The van der Waals surface area contributed by atoms with E-state index in [-0.39, 0.29) is 12.5 Å². The van der Waals surface area contributed by atoms with Gasteiger partial charge in [-0.25, -0.2) is 4.79 Å². The number of nitrogens with one attached hydrogen (secondary N) is 2. The normalized spacial score (nSPS) is 19.1. The van der Waals surface area contributed by atoms with Gasteiger partial charge in [-0.15, -0.1) is 0 Å². The van der Waals surface area contributed by atoms with E-state index in [9.17, 15) is 19.2 Å². The topological polar surface area (TPSA) is 162 Å². The zero-order valence-electron chi connectivity index (χ0n) is 15.1. The van der Waals surface area contributed by atoms with Crippen LogP contribution >= 0.6 is 0 Å². The average Bonchev–Trinajstić information content (AvgIpc) is 3.05. The molecule has 1 saturated heterocycles. The molecule has 0 saturated carbocycles. The first-order valence-electron chi connectivity index (χ1n) is 8.64. The van der Waals surface area contributed by atoms with Crippen molar-refractivity contribution in [1.29, 1.82) is 0 Å². The molecule has 6 N–H and O–H groups in total. The lowest BCUT2D eigenvalue weighted by molar-refractivity contribution is -0.144. The summed E-state index contributed by atoms with van der Waals surface area (Å²) in [5, 5.41) is 22.6. The highest BCUT2D eigenvalue weighted by Gasteiger charge is 2.35. The molecule has 3 atom stereocenters. The first-order valence-corrected chi connectivity index (χ1v) is 8.64. The van der Waals surface area contributed by atoms with E-state index in [1.54, 1.807) is 0 Å². The highest BCUT2D eigenvalue weighted by atomic mass is 16.4. The largest absolute Gasteiger partial charge is 0.480 e. The van der Waals surface area contributed by atoms with Crippen LogP contribution in [0.2, 0.25) is 0 Å². The first-order chi connectivity index (χ1) is 12.2. The van der Waals surface area contributed by atoms with Crippen LogP contribution < -0.4 is 16.4 Å². The van der Waals surface area contributed by atoms with Crippen LogP contribution in [0.3, 0.4) is 0 Å². The first kappa shape index (κ1) is 21.8. The van der Waals surface area contributed by atoms with Gasteiger partial charge in [0.1, 0.15) is 12.1 Å². The molecule has 0 aliphatic carbocycles. The van der Waals surface area contributed by atoms with E-state index >= 15 is 0 Å². The number of aliphatic hydroxyl groups excluding tert-OH is 1. The number of carboxylic acids is 1. The SMILES string of the molecule is CC(C)CC(N)C(=O)NCC(=O)N1CCCC1C(=O)NC(CO)C(=O)O. The second-order valence-corrected chi connectivity index (χ2v) is 6.78. The van der Waals surface area contributed by atoms with Crippen LogP contribution in [0.5, 0.6) is 0 Å². The molecule has 10 nitrogen and oxygen atoms in total. The summed E-state index contributed by atoms with van der Waals surface area (Å²) in [5.74, 6) is -2.63. The fourth-order valence-electron chi connectivity index (χ4n) is 2.80. The van der Waals surface area contributed by atoms with Crippen molar-refractivity contribution in [3.05, 3.63) is 0 Å². The Bertz CT molecular complexity index is 539. The van der Waals surface area contributed by atoms with E-state index in [0.717, 1.165) is 0 Å². The number of amides is 3.